The fourth-order valence-corrected chi connectivity index (χ4v) is 3.66. The Labute approximate surface area is 135 Å². The van der Waals surface area contributed by atoms with Crippen LogP contribution in [0.1, 0.15) is 16.5 Å². The fourth-order valence-electron chi connectivity index (χ4n) is 1.83. The van der Waals surface area contributed by atoms with Gasteiger partial charge in [-0.1, -0.05) is 50.1 Å². The third-order valence-electron chi connectivity index (χ3n) is 2.87. The van der Waals surface area contributed by atoms with Gasteiger partial charge in [-0.2, -0.15) is 0 Å². The van der Waals surface area contributed by atoms with E-state index in [1.54, 1.807) is 7.11 Å². The fraction of sp³-hybridized carbons (Fsp3) is 0.200. The SMILES string of the molecule is COc1ccc(CC(Cl)c2ccc(Br)cc2Br)cc1. The van der Waals surface area contributed by atoms with E-state index in [1.807, 2.05) is 42.5 Å². The van der Waals surface area contributed by atoms with Crippen LogP contribution < -0.4 is 4.74 Å². The van der Waals surface area contributed by atoms with Crippen LogP contribution in [0.5, 0.6) is 5.75 Å². The Balaban J connectivity index is 2.13. The van der Waals surface area contributed by atoms with Crippen LogP contribution in [-0.2, 0) is 6.42 Å². The minimum absolute atomic E-state index is 0.0594. The smallest absolute Gasteiger partial charge is 0.118 e. The normalized spacial score (nSPS) is 12.2. The monoisotopic (exact) mass is 402 g/mol. The molecule has 2 aromatic carbocycles. The van der Waals surface area contributed by atoms with E-state index in [9.17, 15) is 0 Å². The maximum atomic E-state index is 6.50. The van der Waals surface area contributed by atoms with E-state index < -0.39 is 0 Å². The van der Waals surface area contributed by atoms with Crippen molar-refractivity contribution in [2.45, 2.75) is 11.8 Å². The van der Waals surface area contributed by atoms with Crippen molar-refractivity contribution in [2.75, 3.05) is 7.11 Å². The van der Waals surface area contributed by atoms with Crippen LogP contribution in [0.4, 0.5) is 0 Å². The molecule has 0 amide bonds. The van der Waals surface area contributed by atoms with E-state index in [1.165, 1.54) is 5.56 Å². The maximum absolute atomic E-state index is 6.50. The Morgan fingerprint density at radius 1 is 1.11 bits per heavy atom. The first kappa shape index (κ1) is 14.9. The van der Waals surface area contributed by atoms with Crippen LogP contribution in [0.25, 0.3) is 0 Å². The van der Waals surface area contributed by atoms with Gasteiger partial charge in [-0.3, -0.25) is 0 Å². The minimum atomic E-state index is -0.0594. The van der Waals surface area contributed by atoms with Gasteiger partial charge in [0.2, 0.25) is 0 Å². The van der Waals surface area contributed by atoms with E-state index >= 15 is 0 Å². The lowest BCUT2D eigenvalue weighted by Crippen LogP contribution is -1.97. The molecule has 1 nitrogen and oxygen atoms in total. The van der Waals surface area contributed by atoms with Gasteiger partial charge in [0, 0.05) is 8.95 Å². The molecular weight excluding hydrogens is 391 g/mol. The quantitative estimate of drug-likeness (QED) is 0.590. The second-order valence-corrected chi connectivity index (χ2v) is 6.48. The summed E-state index contributed by atoms with van der Waals surface area (Å²) in [6.07, 6.45) is 0.784. The summed E-state index contributed by atoms with van der Waals surface area (Å²) >= 11 is 13.5. The molecule has 0 radical (unpaired) electrons. The third kappa shape index (κ3) is 3.98. The number of hydrogen-bond donors (Lipinski definition) is 0. The van der Waals surface area contributed by atoms with Gasteiger partial charge in [-0.15, -0.1) is 11.6 Å². The predicted molar refractivity (Wildman–Crippen MR) is 87.1 cm³/mol. The second kappa shape index (κ2) is 6.78. The Hall–Kier alpha value is -0.510. The van der Waals surface area contributed by atoms with Crippen molar-refractivity contribution in [1.29, 1.82) is 0 Å². The lowest BCUT2D eigenvalue weighted by molar-refractivity contribution is 0.414. The van der Waals surface area contributed by atoms with Crippen LogP contribution in [0.3, 0.4) is 0 Å². The third-order valence-corrected chi connectivity index (χ3v) is 4.44. The highest BCUT2D eigenvalue weighted by molar-refractivity contribution is 9.11. The molecule has 100 valence electrons. The number of benzene rings is 2. The molecule has 4 heteroatoms. The van der Waals surface area contributed by atoms with E-state index in [-0.39, 0.29) is 5.38 Å². The zero-order valence-corrected chi connectivity index (χ0v) is 14.3. The van der Waals surface area contributed by atoms with E-state index in [4.69, 9.17) is 16.3 Å². The molecule has 0 heterocycles. The standard InChI is InChI=1S/C15H13Br2ClO/c1-19-12-5-2-10(3-6-12)8-15(18)13-7-4-11(16)9-14(13)17/h2-7,9,15H,8H2,1H3. The van der Waals surface area contributed by atoms with Crippen molar-refractivity contribution >= 4 is 43.5 Å². The molecular formula is C15H13Br2ClO. The largest absolute Gasteiger partial charge is 0.497 e. The van der Waals surface area contributed by atoms with Crippen LogP contribution in [0.2, 0.25) is 0 Å². The van der Waals surface area contributed by atoms with Crippen molar-refractivity contribution in [3.8, 4) is 5.75 Å². The zero-order valence-electron chi connectivity index (χ0n) is 10.4. The van der Waals surface area contributed by atoms with Gasteiger partial charge >= 0.3 is 0 Å². The van der Waals surface area contributed by atoms with Crippen molar-refractivity contribution in [1.82, 2.24) is 0 Å². The van der Waals surface area contributed by atoms with Crippen LogP contribution in [0.15, 0.2) is 51.4 Å². The minimum Gasteiger partial charge on any atom is -0.497 e. The second-order valence-electron chi connectivity index (χ2n) is 4.19. The molecule has 1 unspecified atom stereocenters. The highest BCUT2D eigenvalue weighted by Crippen LogP contribution is 2.33. The summed E-state index contributed by atoms with van der Waals surface area (Å²) < 4.78 is 7.21. The molecule has 0 saturated carbocycles. The lowest BCUT2D eigenvalue weighted by atomic mass is 10.0. The molecule has 2 aromatic rings. The van der Waals surface area contributed by atoms with Gasteiger partial charge in [0.05, 0.1) is 12.5 Å². The van der Waals surface area contributed by atoms with Crippen LogP contribution in [0, 0.1) is 0 Å². The first-order valence-corrected chi connectivity index (χ1v) is 7.84. The molecule has 2 rings (SSSR count). The van der Waals surface area contributed by atoms with Gasteiger partial charge in [-0.05, 0) is 41.8 Å². The molecule has 0 aromatic heterocycles. The van der Waals surface area contributed by atoms with Crippen molar-refractivity contribution < 1.29 is 4.74 Å². The summed E-state index contributed by atoms with van der Waals surface area (Å²) in [5.74, 6) is 0.861. The van der Waals surface area contributed by atoms with E-state index in [0.717, 1.165) is 26.7 Å². The Morgan fingerprint density at radius 2 is 1.79 bits per heavy atom. The van der Waals surface area contributed by atoms with Gasteiger partial charge in [0.15, 0.2) is 0 Å². The average molecular weight is 405 g/mol. The molecule has 0 spiro atoms. The number of hydrogen-bond acceptors (Lipinski definition) is 1. The van der Waals surface area contributed by atoms with Gasteiger partial charge in [0.25, 0.3) is 0 Å². The predicted octanol–water partition coefficient (Wildman–Crippen LogP) is 5.74. The summed E-state index contributed by atoms with van der Waals surface area (Å²) in [5.41, 5.74) is 2.29. The van der Waals surface area contributed by atoms with Crippen molar-refractivity contribution in [3.63, 3.8) is 0 Å². The van der Waals surface area contributed by atoms with Gasteiger partial charge in [-0.25, -0.2) is 0 Å². The maximum Gasteiger partial charge on any atom is 0.118 e. The summed E-state index contributed by atoms with van der Waals surface area (Å²) in [5, 5.41) is -0.0594. The number of methoxy groups -OCH3 is 1. The molecule has 1 atom stereocenters. The van der Waals surface area contributed by atoms with Crippen LogP contribution in [-0.4, -0.2) is 7.11 Å². The molecule has 0 fully saturated rings. The van der Waals surface area contributed by atoms with Crippen molar-refractivity contribution in [2.24, 2.45) is 0 Å². The summed E-state index contributed by atoms with van der Waals surface area (Å²) in [6, 6.07) is 14.0. The number of alkyl halides is 1. The van der Waals surface area contributed by atoms with Gasteiger partial charge in [0.1, 0.15) is 5.75 Å². The van der Waals surface area contributed by atoms with E-state index in [2.05, 4.69) is 31.9 Å². The molecule has 0 aliphatic carbocycles. The molecule has 0 bridgehead atoms. The number of rotatable bonds is 4. The Kier molecular flexibility index (Phi) is 5.31. The topological polar surface area (TPSA) is 9.23 Å². The van der Waals surface area contributed by atoms with Crippen LogP contribution >= 0.6 is 43.5 Å². The molecule has 0 aliphatic rings. The highest BCUT2D eigenvalue weighted by atomic mass is 79.9. The number of halogens is 3. The first-order valence-electron chi connectivity index (χ1n) is 5.82. The lowest BCUT2D eigenvalue weighted by Gasteiger charge is -2.12. The highest BCUT2D eigenvalue weighted by Gasteiger charge is 2.12. The molecule has 0 saturated heterocycles. The molecule has 19 heavy (non-hydrogen) atoms. The number of ether oxygens (including phenoxy) is 1. The Morgan fingerprint density at radius 3 is 2.37 bits per heavy atom. The molecule has 0 aliphatic heterocycles. The summed E-state index contributed by atoms with van der Waals surface area (Å²) in [6.45, 7) is 0. The summed E-state index contributed by atoms with van der Waals surface area (Å²) in [4.78, 5) is 0. The van der Waals surface area contributed by atoms with Gasteiger partial charge < -0.3 is 4.74 Å². The summed E-state index contributed by atoms with van der Waals surface area (Å²) in [7, 11) is 1.66. The molecule has 0 N–H and O–H groups in total. The zero-order chi connectivity index (χ0) is 13.8. The van der Waals surface area contributed by atoms with Crippen molar-refractivity contribution in [3.05, 3.63) is 62.5 Å². The Bertz CT molecular complexity index is 555. The average Bonchev–Trinajstić information content (AvgIpc) is 2.39. The van der Waals surface area contributed by atoms with E-state index in [0.29, 0.717) is 0 Å². The first-order chi connectivity index (χ1) is 9.10.